The number of nitrogens with two attached hydrogens (primary N) is 1. The molecule has 38 heavy (non-hydrogen) atoms. The van der Waals surface area contributed by atoms with Gasteiger partial charge >= 0.3 is 6.18 Å². The second-order valence-corrected chi connectivity index (χ2v) is 9.42. The molecule has 0 radical (unpaired) electrons. The van der Waals surface area contributed by atoms with Crippen molar-refractivity contribution in [1.29, 1.82) is 0 Å². The molecule has 1 aliphatic carbocycles. The molecule has 1 unspecified atom stereocenters. The highest BCUT2D eigenvalue weighted by molar-refractivity contribution is 6.03. The number of nitrogens with one attached hydrogen (secondary N) is 2. The van der Waals surface area contributed by atoms with Gasteiger partial charge in [-0.05, 0) is 53.8 Å². The summed E-state index contributed by atoms with van der Waals surface area (Å²) in [5.74, 6) is -0.702. The predicted molar refractivity (Wildman–Crippen MR) is 140 cm³/mol. The molecule has 1 aromatic heterocycles. The zero-order valence-corrected chi connectivity index (χ0v) is 20.6. The number of halogens is 3. The van der Waals surface area contributed by atoms with Gasteiger partial charge in [-0.25, -0.2) is 4.68 Å². The molecule has 0 spiro atoms. The van der Waals surface area contributed by atoms with Crippen LogP contribution in [0.15, 0.2) is 84.9 Å². The van der Waals surface area contributed by atoms with Crippen molar-refractivity contribution in [2.45, 2.75) is 44.1 Å². The number of amides is 1. The van der Waals surface area contributed by atoms with Crippen molar-refractivity contribution in [3.05, 3.63) is 113 Å². The average Bonchev–Trinajstić information content (AvgIpc) is 3.36. The minimum absolute atomic E-state index is 0.0836. The van der Waals surface area contributed by atoms with Crippen LogP contribution in [0.2, 0.25) is 0 Å². The van der Waals surface area contributed by atoms with Gasteiger partial charge in [0.2, 0.25) is 0 Å². The molecule has 196 valence electrons. The summed E-state index contributed by atoms with van der Waals surface area (Å²) in [5.41, 5.74) is 7.85. The Morgan fingerprint density at radius 3 is 2.39 bits per heavy atom. The lowest BCUT2D eigenvalue weighted by molar-refractivity contribution is -0.141. The SMILES string of the molecule is NCc1cccc(-n2nc(C(F)(F)F)cc2C(=O)Nc2cccc(C(NC3CCC3)c3ccccc3)c2)c1. The number of anilines is 1. The molecular formula is C29H28F3N5O. The van der Waals surface area contributed by atoms with E-state index in [1.54, 1.807) is 30.3 Å². The van der Waals surface area contributed by atoms with E-state index in [-0.39, 0.29) is 18.3 Å². The smallest absolute Gasteiger partial charge is 0.326 e. The molecule has 1 saturated carbocycles. The van der Waals surface area contributed by atoms with E-state index >= 15 is 0 Å². The summed E-state index contributed by atoms with van der Waals surface area (Å²) in [5, 5.41) is 10.2. The third kappa shape index (κ3) is 5.64. The minimum Gasteiger partial charge on any atom is -0.326 e. The van der Waals surface area contributed by atoms with E-state index in [9.17, 15) is 18.0 Å². The van der Waals surface area contributed by atoms with Gasteiger partial charge in [-0.1, -0.05) is 61.0 Å². The van der Waals surface area contributed by atoms with Gasteiger partial charge in [-0.2, -0.15) is 18.3 Å². The molecule has 3 aromatic carbocycles. The first-order valence-electron chi connectivity index (χ1n) is 12.5. The van der Waals surface area contributed by atoms with Crippen LogP contribution in [0.3, 0.4) is 0 Å². The molecule has 0 aliphatic heterocycles. The van der Waals surface area contributed by atoms with Crippen molar-refractivity contribution in [1.82, 2.24) is 15.1 Å². The number of hydrogen-bond acceptors (Lipinski definition) is 4. The number of carbonyl (C=O) groups excluding carboxylic acids is 1. The molecule has 5 rings (SSSR count). The maximum absolute atomic E-state index is 13.5. The molecule has 9 heteroatoms. The Labute approximate surface area is 218 Å². The second kappa shape index (κ2) is 10.8. The minimum atomic E-state index is -4.71. The van der Waals surface area contributed by atoms with Crippen LogP contribution in [0.5, 0.6) is 0 Å². The summed E-state index contributed by atoms with van der Waals surface area (Å²) in [6, 6.07) is 25.1. The van der Waals surface area contributed by atoms with Crippen molar-refractivity contribution in [3.8, 4) is 5.69 Å². The number of carbonyl (C=O) groups is 1. The number of hydrogen-bond donors (Lipinski definition) is 3. The fourth-order valence-corrected chi connectivity index (χ4v) is 4.53. The molecule has 6 nitrogen and oxygen atoms in total. The normalized spacial score (nSPS) is 14.6. The first kappa shape index (κ1) is 25.7. The van der Waals surface area contributed by atoms with E-state index in [2.05, 4.69) is 15.7 Å². The maximum atomic E-state index is 13.5. The second-order valence-electron chi connectivity index (χ2n) is 9.42. The van der Waals surface area contributed by atoms with Crippen LogP contribution in [0, 0.1) is 0 Å². The fourth-order valence-electron chi connectivity index (χ4n) is 4.53. The lowest BCUT2D eigenvalue weighted by Gasteiger charge is -2.32. The van der Waals surface area contributed by atoms with Crippen molar-refractivity contribution in [2.75, 3.05) is 5.32 Å². The van der Waals surface area contributed by atoms with Crippen LogP contribution in [-0.4, -0.2) is 21.7 Å². The number of alkyl halides is 3. The molecule has 1 atom stereocenters. The van der Waals surface area contributed by atoms with Crippen LogP contribution in [0.1, 0.15) is 58.2 Å². The van der Waals surface area contributed by atoms with E-state index in [4.69, 9.17) is 5.73 Å². The third-order valence-electron chi connectivity index (χ3n) is 6.74. The van der Waals surface area contributed by atoms with Gasteiger partial charge < -0.3 is 16.4 Å². The number of nitrogens with zero attached hydrogens (tertiary/aromatic N) is 2. The van der Waals surface area contributed by atoms with Crippen molar-refractivity contribution < 1.29 is 18.0 Å². The first-order chi connectivity index (χ1) is 18.3. The molecule has 1 heterocycles. The lowest BCUT2D eigenvalue weighted by Crippen LogP contribution is -2.38. The predicted octanol–water partition coefficient (Wildman–Crippen LogP) is 5.83. The Morgan fingerprint density at radius 2 is 1.71 bits per heavy atom. The summed E-state index contributed by atoms with van der Waals surface area (Å²) in [6.45, 7) is 0.201. The molecule has 1 amide bonds. The molecule has 1 aliphatic rings. The van der Waals surface area contributed by atoms with Gasteiger partial charge in [0, 0.05) is 24.3 Å². The maximum Gasteiger partial charge on any atom is 0.435 e. The standard InChI is InChI=1S/C29H28F3N5O/c30-29(31,32)26-17-25(37(36-26)24-14-4-7-19(15-24)18-33)28(38)35-23-13-5-10-21(16-23)27(34-22-11-6-12-22)20-8-2-1-3-9-20/h1-5,7-10,13-17,22,27,34H,6,11-12,18,33H2,(H,35,38). The number of rotatable bonds is 8. The van der Waals surface area contributed by atoms with Gasteiger partial charge in [0.1, 0.15) is 5.69 Å². The van der Waals surface area contributed by atoms with E-state index in [0.717, 1.165) is 34.7 Å². The van der Waals surface area contributed by atoms with Crippen LogP contribution >= 0.6 is 0 Å². The Bertz CT molecular complexity index is 1410. The quantitative estimate of drug-likeness (QED) is 0.273. The van der Waals surface area contributed by atoms with Gasteiger partial charge in [0.15, 0.2) is 5.69 Å². The fraction of sp³-hybridized carbons (Fsp3) is 0.241. The Kier molecular flexibility index (Phi) is 7.31. The Balaban J connectivity index is 1.46. The van der Waals surface area contributed by atoms with Crippen molar-refractivity contribution in [2.24, 2.45) is 5.73 Å². The average molecular weight is 520 g/mol. The molecule has 0 bridgehead atoms. The summed E-state index contributed by atoms with van der Waals surface area (Å²) in [6.07, 6.45) is -1.30. The summed E-state index contributed by atoms with van der Waals surface area (Å²) >= 11 is 0. The topological polar surface area (TPSA) is 85.0 Å². The van der Waals surface area contributed by atoms with Gasteiger partial charge in [-0.15, -0.1) is 0 Å². The van der Waals surface area contributed by atoms with Gasteiger partial charge in [0.25, 0.3) is 5.91 Å². The van der Waals surface area contributed by atoms with Crippen molar-refractivity contribution in [3.63, 3.8) is 0 Å². The van der Waals surface area contributed by atoms with Crippen molar-refractivity contribution >= 4 is 11.6 Å². The highest BCUT2D eigenvalue weighted by atomic mass is 19.4. The zero-order chi connectivity index (χ0) is 26.7. The van der Waals surface area contributed by atoms with Gasteiger partial charge in [0.05, 0.1) is 11.7 Å². The summed E-state index contributed by atoms with van der Waals surface area (Å²) in [4.78, 5) is 13.3. The van der Waals surface area contributed by atoms with Crippen LogP contribution < -0.4 is 16.4 Å². The zero-order valence-electron chi connectivity index (χ0n) is 20.6. The van der Waals surface area contributed by atoms with Gasteiger partial charge in [-0.3, -0.25) is 4.79 Å². The Morgan fingerprint density at radius 1 is 0.974 bits per heavy atom. The first-order valence-corrected chi connectivity index (χ1v) is 12.5. The number of aromatic nitrogens is 2. The van der Waals surface area contributed by atoms with Crippen LogP contribution in [0.25, 0.3) is 5.69 Å². The molecule has 4 aromatic rings. The molecule has 1 fully saturated rings. The molecule has 0 saturated heterocycles. The summed E-state index contributed by atoms with van der Waals surface area (Å²) in [7, 11) is 0. The van der Waals surface area contributed by atoms with E-state index in [0.29, 0.717) is 23.0 Å². The monoisotopic (exact) mass is 519 g/mol. The van der Waals surface area contributed by atoms with E-state index < -0.39 is 17.8 Å². The summed E-state index contributed by atoms with van der Waals surface area (Å²) < 4.78 is 41.6. The van der Waals surface area contributed by atoms with Crippen LogP contribution in [-0.2, 0) is 12.7 Å². The highest BCUT2D eigenvalue weighted by Gasteiger charge is 2.36. The highest BCUT2D eigenvalue weighted by Crippen LogP contribution is 2.31. The number of benzene rings is 3. The van der Waals surface area contributed by atoms with E-state index in [1.165, 1.54) is 6.42 Å². The van der Waals surface area contributed by atoms with E-state index in [1.807, 2.05) is 48.5 Å². The molecular weight excluding hydrogens is 491 g/mol. The molecule has 4 N–H and O–H groups in total. The Hall–Kier alpha value is -3.95. The lowest BCUT2D eigenvalue weighted by atomic mass is 9.89. The third-order valence-corrected chi connectivity index (χ3v) is 6.74. The van der Waals surface area contributed by atoms with Crippen LogP contribution in [0.4, 0.5) is 18.9 Å². The largest absolute Gasteiger partial charge is 0.435 e.